The first-order valence-corrected chi connectivity index (χ1v) is 3.27. The first-order valence-electron chi connectivity index (χ1n) is 3.27. The Bertz CT molecular complexity index is 261. The highest BCUT2D eigenvalue weighted by atomic mass is 16.3. The molecule has 5 heteroatoms. The summed E-state index contributed by atoms with van der Waals surface area (Å²) in [4.78, 5) is 24.0. The molecule has 65 valence electrons. The van der Waals surface area contributed by atoms with Crippen molar-refractivity contribution in [1.29, 1.82) is 0 Å². The zero-order valence-electron chi connectivity index (χ0n) is 6.87. The van der Waals surface area contributed by atoms with Gasteiger partial charge in [-0.15, -0.1) is 0 Å². The molecule has 1 rings (SSSR count). The number of rotatable bonds is 0. The van der Waals surface area contributed by atoms with Crippen molar-refractivity contribution < 1.29 is 14.7 Å². The van der Waals surface area contributed by atoms with E-state index in [9.17, 15) is 14.7 Å². The fraction of sp³-hybridized carbons (Fsp3) is 0.286. The molecule has 0 aromatic heterocycles. The van der Waals surface area contributed by atoms with E-state index in [0.29, 0.717) is 0 Å². The second-order valence-electron chi connectivity index (χ2n) is 2.51. The first-order chi connectivity index (χ1) is 5.46. The van der Waals surface area contributed by atoms with Crippen molar-refractivity contribution in [3.8, 4) is 0 Å². The number of urea groups is 1. The summed E-state index contributed by atoms with van der Waals surface area (Å²) in [5, 5.41) is 9.18. The predicted octanol–water partition coefficient (Wildman–Crippen LogP) is -0.0716. The molecule has 0 saturated carbocycles. The van der Waals surface area contributed by atoms with Crippen LogP contribution in [0.5, 0.6) is 0 Å². The van der Waals surface area contributed by atoms with Crippen molar-refractivity contribution in [2.45, 2.75) is 0 Å². The number of carbonyl (C=O) groups excluding carboxylic acids is 2. The highest BCUT2D eigenvalue weighted by molar-refractivity contribution is 6.08. The standard InChI is InChI=1S/C7H9N2O3/c1-4-5(10)8(2)7(12)9(3)6(4)11/h10H,1H2,2-3H3. The highest BCUT2D eigenvalue weighted by Gasteiger charge is 2.37. The third kappa shape index (κ3) is 0.984. The van der Waals surface area contributed by atoms with Gasteiger partial charge >= 0.3 is 6.03 Å². The summed E-state index contributed by atoms with van der Waals surface area (Å²) >= 11 is 0. The maximum Gasteiger partial charge on any atom is 0.329 e. The van der Waals surface area contributed by atoms with Crippen molar-refractivity contribution >= 4 is 11.9 Å². The summed E-state index contributed by atoms with van der Waals surface area (Å²) in [6.45, 7) is 3.34. The third-order valence-electron chi connectivity index (χ3n) is 1.72. The molecule has 5 nitrogen and oxygen atoms in total. The normalized spacial score (nSPS) is 20.8. The largest absolute Gasteiger partial charge is 0.362 e. The zero-order valence-corrected chi connectivity index (χ0v) is 6.87. The number of imide groups is 1. The van der Waals surface area contributed by atoms with Gasteiger partial charge in [0.25, 0.3) is 5.91 Å². The van der Waals surface area contributed by atoms with Gasteiger partial charge in [-0.25, -0.2) is 4.79 Å². The Balaban J connectivity index is 2.99. The van der Waals surface area contributed by atoms with E-state index in [1.54, 1.807) is 0 Å². The summed E-state index contributed by atoms with van der Waals surface area (Å²) in [6, 6.07) is -0.565. The van der Waals surface area contributed by atoms with Crippen LogP contribution in [0.3, 0.4) is 0 Å². The number of aliphatic hydroxyl groups is 1. The van der Waals surface area contributed by atoms with Crippen LogP contribution in [0.2, 0.25) is 0 Å². The minimum Gasteiger partial charge on any atom is -0.362 e. The molecule has 0 aliphatic carbocycles. The summed E-state index contributed by atoms with van der Waals surface area (Å²) in [5.41, 5.74) is -0.0698. The van der Waals surface area contributed by atoms with Crippen molar-refractivity contribution in [3.05, 3.63) is 18.4 Å². The van der Waals surface area contributed by atoms with Crippen molar-refractivity contribution in [2.75, 3.05) is 14.1 Å². The molecule has 1 aliphatic heterocycles. The number of carbonyl (C=O) groups is 2. The van der Waals surface area contributed by atoms with Crippen LogP contribution in [0.1, 0.15) is 0 Å². The van der Waals surface area contributed by atoms with Gasteiger partial charge < -0.3 is 5.11 Å². The molecular weight excluding hydrogens is 160 g/mol. The highest BCUT2D eigenvalue weighted by Crippen LogP contribution is 2.21. The van der Waals surface area contributed by atoms with Crippen molar-refractivity contribution in [2.24, 2.45) is 0 Å². The lowest BCUT2D eigenvalue weighted by atomic mass is 10.2. The molecule has 1 saturated heterocycles. The predicted molar refractivity (Wildman–Crippen MR) is 40.2 cm³/mol. The van der Waals surface area contributed by atoms with Gasteiger partial charge in [0.15, 0.2) is 0 Å². The van der Waals surface area contributed by atoms with Crippen LogP contribution in [0.25, 0.3) is 0 Å². The SMILES string of the molecule is C=C1[C](O)N(C)C(=O)N(C)C1=O. The summed E-state index contributed by atoms with van der Waals surface area (Å²) in [5.74, 6) is -0.574. The molecule has 0 spiro atoms. The summed E-state index contributed by atoms with van der Waals surface area (Å²) in [7, 11) is 2.70. The monoisotopic (exact) mass is 169 g/mol. The van der Waals surface area contributed by atoms with Gasteiger partial charge in [0.05, 0.1) is 5.57 Å². The fourth-order valence-electron chi connectivity index (χ4n) is 0.903. The maximum atomic E-state index is 11.1. The quantitative estimate of drug-likeness (QED) is 0.516. The molecule has 0 aromatic carbocycles. The Kier molecular flexibility index (Phi) is 1.89. The van der Waals surface area contributed by atoms with Crippen LogP contribution in [-0.4, -0.2) is 40.9 Å². The van der Waals surface area contributed by atoms with Gasteiger partial charge in [0, 0.05) is 14.1 Å². The second kappa shape index (κ2) is 2.60. The van der Waals surface area contributed by atoms with Gasteiger partial charge in [-0.05, 0) is 0 Å². The van der Waals surface area contributed by atoms with Gasteiger partial charge in [-0.3, -0.25) is 14.6 Å². The van der Waals surface area contributed by atoms with E-state index in [4.69, 9.17) is 0 Å². The fourth-order valence-corrected chi connectivity index (χ4v) is 0.903. The lowest BCUT2D eigenvalue weighted by Gasteiger charge is -2.33. The van der Waals surface area contributed by atoms with Crippen molar-refractivity contribution in [1.82, 2.24) is 9.80 Å². The van der Waals surface area contributed by atoms with Crippen LogP contribution in [0.15, 0.2) is 12.2 Å². The average Bonchev–Trinajstić information content (AvgIpc) is 2.08. The molecule has 1 fully saturated rings. The smallest absolute Gasteiger partial charge is 0.329 e. The Morgan fingerprint density at radius 1 is 1.25 bits per heavy atom. The summed E-state index contributed by atoms with van der Waals surface area (Å²) < 4.78 is 0. The van der Waals surface area contributed by atoms with E-state index in [2.05, 4.69) is 6.58 Å². The van der Waals surface area contributed by atoms with E-state index in [1.165, 1.54) is 14.1 Å². The molecular formula is C7H9N2O3. The zero-order chi connectivity index (χ0) is 9.46. The number of hydrogen-bond donors (Lipinski definition) is 1. The molecule has 0 bridgehead atoms. The number of amides is 3. The molecule has 0 atom stereocenters. The number of likely N-dealkylation sites (N-methyl/N-ethyl adjacent to an activating group) is 2. The molecule has 3 amide bonds. The van der Waals surface area contributed by atoms with E-state index in [0.717, 1.165) is 9.80 Å². The summed E-state index contributed by atoms with van der Waals surface area (Å²) in [6.07, 6.45) is -0.386. The maximum absolute atomic E-state index is 11.1. The third-order valence-corrected chi connectivity index (χ3v) is 1.72. The van der Waals surface area contributed by atoms with Crippen LogP contribution in [0.4, 0.5) is 4.79 Å². The van der Waals surface area contributed by atoms with Gasteiger partial charge in [0.1, 0.15) is 0 Å². The molecule has 1 N–H and O–H groups in total. The van der Waals surface area contributed by atoms with Gasteiger partial charge in [-0.1, -0.05) is 6.58 Å². The lowest BCUT2D eigenvalue weighted by Crippen LogP contribution is -2.51. The molecule has 1 heterocycles. The van der Waals surface area contributed by atoms with E-state index < -0.39 is 11.9 Å². The first kappa shape index (κ1) is 8.73. The minimum atomic E-state index is -0.574. The molecule has 1 aliphatic rings. The van der Waals surface area contributed by atoms with E-state index in [1.807, 2.05) is 0 Å². The lowest BCUT2D eigenvalue weighted by molar-refractivity contribution is -0.126. The van der Waals surface area contributed by atoms with Gasteiger partial charge in [0.2, 0.25) is 6.23 Å². The van der Waals surface area contributed by atoms with Gasteiger partial charge in [-0.2, -0.15) is 0 Å². The van der Waals surface area contributed by atoms with Crippen LogP contribution < -0.4 is 0 Å². The van der Waals surface area contributed by atoms with E-state index >= 15 is 0 Å². The topological polar surface area (TPSA) is 60.9 Å². The number of aliphatic hydroxyl groups excluding tert-OH is 1. The molecule has 0 aromatic rings. The number of hydrogen-bond acceptors (Lipinski definition) is 3. The van der Waals surface area contributed by atoms with Crippen molar-refractivity contribution in [3.63, 3.8) is 0 Å². The Hall–Kier alpha value is -1.36. The Morgan fingerprint density at radius 3 is 2.25 bits per heavy atom. The molecule has 1 radical (unpaired) electrons. The minimum absolute atomic E-state index is 0.0698. The van der Waals surface area contributed by atoms with Crippen LogP contribution in [-0.2, 0) is 4.79 Å². The number of nitrogens with zero attached hydrogens (tertiary/aromatic N) is 2. The molecule has 0 unspecified atom stereocenters. The second-order valence-corrected chi connectivity index (χ2v) is 2.51. The Morgan fingerprint density at radius 2 is 1.75 bits per heavy atom. The Labute approximate surface area is 69.9 Å². The van der Waals surface area contributed by atoms with Crippen LogP contribution >= 0.6 is 0 Å². The average molecular weight is 169 g/mol. The van der Waals surface area contributed by atoms with Crippen LogP contribution in [0, 0.1) is 6.23 Å². The van der Waals surface area contributed by atoms with E-state index in [-0.39, 0.29) is 11.8 Å². The molecule has 12 heavy (non-hydrogen) atoms.